The minimum absolute atomic E-state index is 0.115. The van der Waals surface area contributed by atoms with Crippen LogP contribution in [0.4, 0.5) is 0 Å². The summed E-state index contributed by atoms with van der Waals surface area (Å²) >= 11 is 0. The number of hydrogen-bond donors (Lipinski definition) is 1. The molecule has 1 atom stereocenters. The lowest BCUT2D eigenvalue weighted by atomic mass is 9.88. The van der Waals surface area contributed by atoms with Gasteiger partial charge in [-0.25, -0.2) is 4.79 Å². The van der Waals surface area contributed by atoms with Crippen LogP contribution in [0, 0.1) is 0 Å². The van der Waals surface area contributed by atoms with E-state index in [0.29, 0.717) is 0 Å². The molecule has 1 fully saturated rings. The van der Waals surface area contributed by atoms with E-state index < -0.39 is 11.5 Å². The number of likely N-dealkylation sites (tertiary alicyclic amines) is 1. The maximum absolute atomic E-state index is 11.9. The number of benzene rings is 1. The van der Waals surface area contributed by atoms with Gasteiger partial charge in [0.2, 0.25) is 0 Å². The van der Waals surface area contributed by atoms with Crippen molar-refractivity contribution in [1.82, 2.24) is 4.90 Å². The van der Waals surface area contributed by atoms with Crippen molar-refractivity contribution in [1.29, 1.82) is 0 Å². The summed E-state index contributed by atoms with van der Waals surface area (Å²) in [6.45, 7) is 7.44. The topological polar surface area (TPSA) is 49.8 Å². The molecule has 1 N–H and O–H groups in total. The van der Waals surface area contributed by atoms with Gasteiger partial charge in [0.05, 0.1) is 6.10 Å². The Labute approximate surface area is 126 Å². The number of carboxylic acid groups (broad SMARTS) is 1. The van der Waals surface area contributed by atoms with Crippen LogP contribution < -0.4 is 4.74 Å². The lowest BCUT2D eigenvalue weighted by Gasteiger charge is -2.40. The highest BCUT2D eigenvalue weighted by Crippen LogP contribution is 2.32. The third-order valence-corrected chi connectivity index (χ3v) is 4.19. The van der Waals surface area contributed by atoms with Crippen LogP contribution in [-0.2, 0) is 10.3 Å². The number of aliphatic carboxylic acids is 1. The van der Waals surface area contributed by atoms with Gasteiger partial charge in [-0.3, -0.25) is 4.90 Å². The molecule has 0 aromatic heterocycles. The fraction of sp³-hybridized carbons (Fsp3) is 0.588. The summed E-state index contributed by atoms with van der Waals surface area (Å²) in [7, 11) is 0. The Kier molecular flexibility index (Phi) is 4.88. The summed E-state index contributed by atoms with van der Waals surface area (Å²) < 4.78 is 5.63. The third-order valence-electron chi connectivity index (χ3n) is 4.19. The Morgan fingerprint density at radius 3 is 2.24 bits per heavy atom. The zero-order valence-electron chi connectivity index (χ0n) is 13.1. The second-order valence-corrected chi connectivity index (χ2v) is 6.12. The van der Waals surface area contributed by atoms with Crippen LogP contribution in [0.5, 0.6) is 5.75 Å². The van der Waals surface area contributed by atoms with Gasteiger partial charge in [0.15, 0.2) is 0 Å². The number of rotatable bonds is 5. The number of carboxylic acids is 1. The molecule has 0 amide bonds. The van der Waals surface area contributed by atoms with E-state index in [9.17, 15) is 9.90 Å². The van der Waals surface area contributed by atoms with E-state index in [1.54, 1.807) is 6.92 Å². The molecule has 1 unspecified atom stereocenters. The molecule has 4 heteroatoms. The summed E-state index contributed by atoms with van der Waals surface area (Å²) in [5, 5.41) is 9.78. The maximum atomic E-state index is 11.9. The molecule has 21 heavy (non-hydrogen) atoms. The predicted octanol–water partition coefficient (Wildman–Crippen LogP) is 3.26. The fourth-order valence-corrected chi connectivity index (χ4v) is 2.91. The normalized spacial score (nSPS) is 19.2. The van der Waals surface area contributed by atoms with Gasteiger partial charge < -0.3 is 9.84 Å². The van der Waals surface area contributed by atoms with Crippen LogP contribution in [0.3, 0.4) is 0 Å². The Morgan fingerprint density at radius 1 is 1.19 bits per heavy atom. The van der Waals surface area contributed by atoms with E-state index in [1.807, 2.05) is 38.1 Å². The van der Waals surface area contributed by atoms with Crippen molar-refractivity contribution in [3.05, 3.63) is 29.8 Å². The van der Waals surface area contributed by atoms with Gasteiger partial charge >= 0.3 is 5.97 Å². The highest BCUT2D eigenvalue weighted by atomic mass is 16.5. The van der Waals surface area contributed by atoms with Crippen LogP contribution in [0.2, 0.25) is 0 Å². The average molecular weight is 291 g/mol. The van der Waals surface area contributed by atoms with Crippen LogP contribution in [0.25, 0.3) is 0 Å². The molecule has 1 aliphatic heterocycles. The van der Waals surface area contributed by atoms with Crippen LogP contribution in [0.15, 0.2) is 24.3 Å². The Balaban J connectivity index is 2.27. The van der Waals surface area contributed by atoms with E-state index in [-0.39, 0.29) is 6.10 Å². The van der Waals surface area contributed by atoms with Crippen molar-refractivity contribution in [2.24, 2.45) is 0 Å². The van der Waals surface area contributed by atoms with E-state index in [2.05, 4.69) is 4.90 Å². The second-order valence-electron chi connectivity index (χ2n) is 6.12. The summed E-state index contributed by atoms with van der Waals surface area (Å²) in [6.07, 6.45) is 3.44. The summed E-state index contributed by atoms with van der Waals surface area (Å²) in [5.41, 5.74) is -0.149. The molecule has 4 nitrogen and oxygen atoms in total. The standard InChI is InChI=1S/C17H25NO3/c1-13(2)21-15-9-7-14(8-10-15)17(3,16(19)20)18-11-5-4-6-12-18/h7-10,13H,4-6,11-12H2,1-3H3,(H,19,20). The van der Waals surface area contributed by atoms with E-state index in [4.69, 9.17) is 4.74 Å². The van der Waals surface area contributed by atoms with Crippen molar-refractivity contribution in [3.63, 3.8) is 0 Å². The molecular formula is C17H25NO3. The molecule has 1 saturated heterocycles. The van der Waals surface area contributed by atoms with E-state index >= 15 is 0 Å². The Hall–Kier alpha value is -1.55. The highest BCUT2D eigenvalue weighted by molar-refractivity contribution is 5.80. The molecule has 116 valence electrons. The van der Waals surface area contributed by atoms with Gasteiger partial charge in [-0.15, -0.1) is 0 Å². The van der Waals surface area contributed by atoms with Crippen molar-refractivity contribution < 1.29 is 14.6 Å². The molecule has 0 bridgehead atoms. The summed E-state index contributed by atoms with van der Waals surface area (Å²) in [4.78, 5) is 14.0. The summed E-state index contributed by atoms with van der Waals surface area (Å²) in [5.74, 6) is -0.0120. The molecule has 0 saturated carbocycles. The third kappa shape index (κ3) is 3.38. The molecule has 0 aliphatic carbocycles. The number of ether oxygens (including phenoxy) is 1. The molecule has 1 heterocycles. The van der Waals surface area contributed by atoms with Crippen molar-refractivity contribution in [3.8, 4) is 5.75 Å². The molecule has 2 rings (SSSR count). The average Bonchev–Trinajstić information content (AvgIpc) is 2.47. The second kappa shape index (κ2) is 6.48. The number of nitrogens with zero attached hydrogens (tertiary/aromatic N) is 1. The van der Waals surface area contributed by atoms with Gasteiger partial charge in [-0.2, -0.15) is 0 Å². The minimum atomic E-state index is -0.962. The van der Waals surface area contributed by atoms with Crippen LogP contribution >= 0.6 is 0 Å². The first-order chi connectivity index (χ1) is 9.94. The van der Waals surface area contributed by atoms with Gasteiger partial charge in [0.1, 0.15) is 11.3 Å². The van der Waals surface area contributed by atoms with Gasteiger partial charge in [0, 0.05) is 0 Å². The van der Waals surface area contributed by atoms with E-state index in [0.717, 1.165) is 37.2 Å². The smallest absolute Gasteiger partial charge is 0.328 e. The largest absolute Gasteiger partial charge is 0.491 e. The molecule has 1 aromatic rings. The lowest BCUT2D eigenvalue weighted by Crippen LogP contribution is -2.51. The monoisotopic (exact) mass is 291 g/mol. The van der Waals surface area contributed by atoms with Crippen molar-refractivity contribution >= 4 is 5.97 Å². The van der Waals surface area contributed by atoms with Crippen LogP contribution in [0.1, 0.15) is 45.6 Å². The highest BCUT2D eigenvalue weighted by Gasteiger charge is 2.41. The van der Waals surface area contributed by atoms with Gasteiger partial charge in [-0.05, 0) is 64.4 Å². The molecule has 1 aromatic carbocycles. The van der Waals surface area contributed by atoms with Gasteiger partial charge in [-0.1, -0.05) is 18.6 Å². The minimum Gasteiger partial charge on any atom is -0.491 e. The van der Waals surface area contributed by atoms with E-state index in [1.165, 1.54) is 6.42 Å². The molecular weight excluding hydrogens is 266 g/mol. The zero-order valence-corrected chi connectivity index (χ0v) is 13.1. The number of piperidine rings is 1. The first kappa shape index (κ1) is 15.8. The van der Waals surface area contributed by atoms with Crippen molar-refractivity contribution in [2.45, 2.75) is 51.7 Å². The van der Waals surface area contributed by atoms with Crippen molar-refractivity contribution in [2.75, 3.05) is 13.1 Å². The zero-order chi connectivity index (χ0) is 15.5. The maximum Gasteiger partial charge on any atom is 0.328 e. The van der Waals surface area contributed by atoms with Crippen LogP contribution in [-0.4, -0.2) is 35.2 Å². The lowest BCUT2D eigenvalue weighted by molar-refractivity contribution is -0.152. The summed E-state index contributed by atoms with van der Waals surface area (Å²) in [6, 6.07) is 7.47. The SMILES string of the molecule is CC(C)Oc1ccc(C(C)(C(=O)O)N2CCCCC2)cc1. The first-order valence-electron chi connectivity index (χ1n) is 7.70. The quantitative estimate of drug-likeness (QED) is 0.904. The molecule has 0 spiro atoms. The number of carbonyl (C=O) groups is 1. The molecule has 1 aliphatic rings. The first-order valence-corrected chi connectivity index (χ1v) is 7.70. The predicted molar refractivity (Wildman–Crippen MR) is 82.6 cm³/mol. The Morgan fingerprint density at radius 2 is 1.76 bits per heavy atom. The number of hydrogen-bond acceptors (Lipinski definition) is 3. The Bertz CT molecular complexity index is 477. The van der Waals surface area contributed by atoms with Gasteiger partial charge in [0.25, 0.3) is 0 Å². The fourth-order valence-electron chi connectivity index (χ4n) is 2.91. The molecule has 0 radical (unpaired) electrons.